The molecule has 0 aliphatic rings. The number of rotatable bonds is 4. The van der Waals surface area contributed by atoms with Crippen molar-refractivity contribution < 1.29 is 0 Å². The molecule has 0 heterocycles. The number of hydrogen-bond donors (Lipinski definition) is 0. The summed E-state index contributed by atoms with van der Waals surface area (Å²) in [5.74, 6) is 0. The molecule has 0 atom stereocenters. The van der Waals surface area contributed by atoms with Crippen LogP contribution in [0, 0.1) is 6.92 Å². The van der Waals surface area contributed by atoms with Crippen LogP contribution in [0.25, 0.3) is 0 Å². The van der Waals surface area contributed by atoms with Gasteiger partial charge in [0, 0.05) is 0 Å². The highest BCUT2D eigenvalue weighted by Gasteiger charge is 2.26. The topological polar surface area (TPSA) is 0 Å². The Morgan fingerprint density at radius 2 is 1.18 bits per heavy atom. The summed E-state index contributed by atoms with van der Waals surface area (Å²) in [6.07, 6.45) is 2.37. The van der Waals surface area contributed by atoms with Crippen molar-refractivity contribution in [1.29, 1.82) is 0 Å². The van der Waals surface area contributed by atoms with Gasteiger partial charge in [0.2, 0.25) is 0 Å². The summed E-state index contributed by atoms with van der Waals surface area (Å²) in [5, 5.41) is 0. The minimum atomic E-state index is 0.282. The maximum Gasteiger partial charge on any atom is -0.0103 e. The van der Waals surface area contributed by atoms with Crippen molar-refractivity contribution >= 4 is 0 Å². The molecule has 1 aromatic rings. The van der Waals surface area contributed by atoms with Crippen LogP contribution in [0.1, 0.15) is 71.1 Å². The molecule has 17 heavy (non-hydrogen) atoms. The molecule has 0 saturated carbocycles. The third kappa shape index (κ3) is 2.73. The fourth-order valence-electron chi connectivity index (χ4n) is 2.48. The average Bonchev–Trinajstić information content (AvgIpc) is 2.28. The predicted molar refractivity (Wildman–Crippen MR) is 77.8 cm³/mol. The van der Waals surface area contributed by atoms with Gasteiger partial charge in [-0.2, -0.15) is 0 Å². The zero-order valence-corrected chi connectivity index (χ0v) is 12.6. The summed E-state index contributed by atoms with van der Waals surface area (Å²) >= 11 is 0. The maximum absolute atomic E-state index is 2.35. The van der Waals surface area contributed by atoms with E-state index in [4.69, 9.17) is 0 Å². The Kier molecular flexibility index (Phi) is 4.06. The molecule has 0 saturated heterocycles. The first-order chi connectivity index (χ1) is 7.76. The average molecular weight is 232 g/mol. The van der Waals surface area contributed by atoms with Crippen LogP contribution in [0.5, 0.6) is 0 Å². The van der Waals surface area contributed by atoms with Crippen LogP contribution in [0.3, 0.4) is 0 Å². The molecule has 0 heteroatoms. The normalized spacial score (nSPS) is 12.9. The molecule has 0 radical (unpaired) electrons. The van der Waals surface area contributed by atoms with Crippen LogP contribution >= 0.6 is 0 Å². The minimum absolute atomic E-state index is 0.282. The first kappa shape index (κ1) is 14.3. The number of hydrogen-bond acceptors (Lipinski definition) is 0. The predicted octanol–water partition coefficient (Wildman–Crippen LogP) is 5.37. The van der Waals surface area contributed by atoms with Crippen LogP contribution in [-0.2, 0) is 10.8 Å². The van der Waals surface area contributed by atoms with Crippen molar-refractivity contribution in [3.05, 3.63) is 34.9 Å². The second-order valence-corrected chi connectivity index (χ2v) is 6.45. The summed E-state index contributed by atoms with van der Waals surface area (Å²) < 4.78 is 0. The zero-order valence-electron chi connectivity index (χ0n) is 12.6. The Morgan fingerprint density at radius 1 is 0.824 bits per heavy atom. The maximum atomic E-state index is 2.35. The number of benzene rings is 1. The lowest BCUT2D eigenvalue weighted by molar-refractivity contribution is 0.483. The van der Waals surface area contributed by atoms with Gasteiger partial charge < -0.3 is 0 Å². The first-order valence-electron chi connectivity index (χ1n) is 6.87. The van der Waals surface area contributed by atoms with Crippen molar-refractivity contribution in [2.24, 2.45) is 0 Å². The highest BCUT2D eigenvalue weighted by Crippen LogP contribution is 2.36. The van der Waals surface area contributed by atoms with Gasteiger partial charge in [-0.15, -0.1) is 0 Å². The van der Waals surface area contributed by atoms with Crippen LogP contribution < -0.4 is 0 Å². The molecule has 0 aromatic heterocycles. The largest absolute Gasteiger partial charge is 0.0646 e. The smallest absolute Gasteiger partial charge is 0.0103 e. The van der Waals surface area contributed by atoms with Gasteiger partial charge >= 0.3 is 0 Å². The quantitative estimate of drug-likeness (QED) is 0.654. The molecular formula is C17H28. The molecule has 1 aromatic carbocycles. The molecular weight excluding hydrogens is 204 g/mol. The van der Waals surface area contributed by atoms with E-state index >= 15 is 0 Å². The van der Waals surface area contributed by atoms with Crippen molar-refractivity contribution in [1.82, 2.24) is 0 Å². The molecule has 0 aliphatic carbocycles. The third-order valence-electron chi connectivity index (χ3n) is 4.56. The Morgan fingerprint density at radius 3 is 1.47 bits per heavy atom. The van der Waals surface area contributed by atoms with Crippen LogP contribution in [0.2, 0.25) is 0 Å². The molecule has 0 bridgehead atoms. The van der Waals surface area contributed by atoms with Gasteiger partial charge in [-0.1, -0.05) is 59.7 Å². The molecule has 0 N–H and O–H groups in total. The highest BCUT2D eigenvalue weighted by molar-refractivity contribution is 5.42. The molecule has 0 aliphatic heterocycles. The Balaban J connectivity index is 3.36. The van der Waals surface area contributed by atoms with E-state index < -0.39 is 0 Å². The monoisotopic (exact) mass is 232 g/mol. The standard InChI is InChI=1S/C17H28/c1-8-16(4,5)14-11-10-12-15(13(14)3)17(6,7)9-2/h10-12H,8-9H2,1-7H3. The molecule has 0 amide bonds. The van der Waals surface area contributed by atoms with Gasteiger partial charge in [0.05, 0.1) is 0 Å². The second kappa shape index (κ2) is 4.84. The van der Waals surface area contributed by atoms with Gasteiger partial charge in [0.25, 0.3) is 0 Å². The van der Waals surface area contributed by atoms with Crippen LogP contribution in [0.15, 0.2) is 18.2 Å². The third-order valence-corrected chi connectivity index (χ3v) is 4.56. The van der Waals surface area contributed by atoms with E-state index in [1.165, 1.54) is 29.5 Å². The van der Waals surface area contributed by atoms with E-state index in [0.717, 1.165) is 0 Å². The van der Waals surface area contributed by atoms with Gasteiger partial charge in [-0.3, -0.25) is 0 Å². The van der Waals surface area contributed by atoms with Crippen molar-refractivity contribution in [3.63, 3.8) is 0 Å². The first-order valence-corrected chi connectivity index (χ1v) is 6.87. The van der Waals surface area contributed by atoms with Crippen LogP contribution in [0.4, 0.5) is 0 Å². The summed E-state index contributed by atoms with van der Waals surface area (Å²) in [4.78, 5) is 0. The lowest BCUT2D eigenvalue weighted by Crippen LogP contribution is -2.22. The van der Waals surface area contributed by atoms with E-state index in [1.807, 2.05) is 0 Å². The van der Waals surface area contributed by atoms with Gasteiger partial charge in [0.15, 0.2) is 0 Å². The Hall–Kier alpha value is -0.780. The molecule has 96 valence electrons. The fourth-order valence-corrected chi connectivity index (χ4v) is 2.48. The van der Waals surface area contributed by atoms with Crippen molar-refractivity contribution in [2.45, 2.75) is 72.1 Å². The summed E-state index contributed by atoms with van der Waals surface area (Å²) in [5.41, 5.74) is 5.08. The minimum Gasteiger partial charge on any atom is -0.0646 e. The summed E-state index contributed by atoms with van der Waals surface area (Å²) in [6.45, 7) is 16.2. The lowest BCUT2D eigenvalue weighted by atomic mass is 9.73. The van der Waals surface area contributed by atoms with E-state index in [9.17, 15) is 0 Å². The second-order valence-electron chi connectivity index (χ2n) is 6.45. The van der Waals surface area contributed by atoms with E-state index in [1.54, 1.807) is 0 Å². The van der Waals surface area contributed by atoms with E-state index in [2.05, 4.69) is 66.7 Å². The van der Waals surface area contributed by atoms with E-state index in [-0.39, 0.29) is 10.8 Å². The van der Waals surface area contributed by atoms with Gasteiger partial charge in [-0.25, -0.2) is 0 Å². The summed E-state index contributed by atoms with van der Waals surface area (Å²) in [7, 11) is 0. The van der Waals surface area contributed by atoms with E-state index in [0.29, 0.717) is 0 Å². The van der Waals surface area contributed by atoms with Gasteiger partial charge in [-0.05, 0) is 47.3 Å². The zero-order chi connectivity index (χ0) is 13.3. The molecule has 0 unspecified atom stereocenters. The summed E-state index contributed by atoms with van der Waals surface area (Å²) in [6, 6.07) is 6.83. The molecule has 0 nitrogen and oxygen atoms in total. The SMILES string of the molecule is CCC(C)(C)c1cccc(C(C)(C)CC)c1C. The van der Waals surface area contributed by atoms with Crippen molar-refractivity contribution in [3.8, 4) is 0 Å². The van der Waals surface area contributed by atoms with Crippen molar-refractivity contribution in [2.75, 3.05) is 0 Å². The fraction of sp³-hybridized carbons (Fsp3) is 0.647. The Labute approximate surface area is 107 Å². The van der Waals surface area contributed by atoms with Crippen LogP contribution in [-0.4, -0.2) is 0 Å². The molecule has 0 fully saturated rings. The molecule has 0 spiro atoms. The lowest BCUT2D eigenvalue weighted by Gasteiger charge is -2.31. The highest BCUT2D eigenvalue weighted by atomic mass is 14.3. The van der Waals surface area contributed by atoms with Gasteiger partial charge in [0.1, 0.15) is 0 Å². The Bertz CT molecular complexity index is 349. The molecule has 1 rings (SSSR count).